The average Bonchev–Trinajstić information content (AvgIpc) is 2.37. The summed E-state index contributed by atoms with van der Waals surface area (Å²) in [6.07, 6.45) is 7.75. The molecule has 2 heteroatoms. The van der Waals surface area contributed by atoms with Gasteiger partial charge in [0, 0.05) is 11.7 Å². The van der Waals surface area contributed by atoms with Crippen LogP contribution in [0.25, 0.3) is 0 Å². The van der Waals surface area contributed by atoms with Crippen LogP contribution < -0.4 is 5.32 Å². The third kappa shape index (κ3) is 3.47. The molecule has 2 rings (SSSR count). The van der Waals surface area contributed by atoms with Crippen LogP contribution in [-0.4, -0.2) is 6.04 Å². The zero-order chi connectivity index (χ0) is 13.0. The molecule has 0 heterocycles. The fraction of sp³-hybridized carbons (Fsp3) is 0.625. The Bertz CT molecular complexity index is 381. The number of hydrogen-bond acceptors (Lipinski definition) is 1. The van der Waals surface area contributed by atoms with Crippen molar-refractivity contribution in [3.8, 4) is 0 Å². The highest BCUT2D eigenvalue weighted by Gasteiger charge is 2.20. The van der Waals surface area contributed by atoms with Gasteiger partial charge in [0.15, 0.2) is 0 Å². The van der Waals surface area contributed by atoms with E-state index in [1.807, 2.05) is 13.0 Å². The normalized spacial score (nSPS) is 23.9. The minimum absolute atomic E-state index is 0.150. The van der Waals surface area contributed by atoms with Crippen molar-refractivity contribution >= 4 is 5.69 Å². The molecule has 1 nitrogen and oxygen atoms in total. The van der Waals surface area contributed by atoms with E-state index in [-0.39, 0.29) is 5.82 Å². The molecule has 1 saturated carbocycles. The van der Waals surface area contributed by atoms with Gasteiger partial charge in [-0.05, 0) is 56.2 Å². The Morgan fingerprint density at radius 1 is 1.22 bits per heavy atom. The van der Waals surface area contributed by atoms with E-state index in [2.05, 4.69) is 12.2 Å². The highest BCUT2D eigenvalue weighted by Crippen LogP contribution is 2.30. The van der Waals surface area contributed by atoms with E-state index in [0.29, 0.717) is 6.04 Å². The molecule has 0 aliphatic heterocycles. The molecule has 0 unspecified atom stereocenters. The Morgan fingerprint density at radius 3 is 2.61 bits per heavy atom. The van der Waals surface area contributed by atoms with Gasteiger partial charge in [-0.2, -0.15) is 0 Å². The van der Waals surface area contributed by atoms with Gasteiger partial charge in [0.2, 0.25) is 0 Å². The smallest absolute Gasteiger partial charge is 0.125 e. The maximum Gasteiger partial charge on any atom is 0.125 e. The van der Waals surface area contributed by atoms with E-state index in [1.54, 1.807) is 6.07 Å². The zero-order valence-electron chi connectivity index (χ0n) is 11.5. The molecule has 0 saturated heterocycles. The number of hydrogen-bond donors (Lipinski definition) is 1. The zero-order valence-corrected chi connectivity index (χ0v) is 11.5. The van der Waals surface area contributed by atoms with Gasteiger partial charge in [-0.3, -0.25) is 0 Å². The lowest BCUT2D eigenvalue weighted by molar-refractivity contribution is 0.319. The quantitative estimate of drug-likeness (QED) is 0.800. The summed E-state index contributed by atoms with van der Waals surface area (Å²) in [5, 5.41) is 3.51. The van der Waals surface area contributed by atoms with Crippen LogP contribution in [0, 0.1) is 18.7 Å². The Hall–Kier alpha value is -1.05. The first-order valence-corrected chi connectivity index (χ1v) is 7.21. The van der Waals surface area contributed by atoms with Gasteiger partial charge < -0.3 is 5.32 Å². The van der Waals surface area contributed by atoms with E-state index in [4.69, 9.17) is 0 Å². The standard InChI is InChI=1S/C16H24FN/c1-3-4-13-6-9-15(10-7-13)18-16-11-14(17)8-5-12(16)2/h5,8,11,13,15,18H,3-4,6-7,9-10H2,1-2H3. The van der Waals surface area contributed by atoms with Gasteiger partial charge in [0.25, 0.3) is 0 Å². The van der Waals surface area contributed by atoms with Crippen LogP contribution >= 0.6 is 0 Å². The fourth-order valence-corrected chi connectivity index (χ4v) is 2.97. The highest BCUT2D eigenvalue weighted by molar-refractivity contribution is 5.51. The SMILES string of the molecule is CCCC1CCC(Nc2cc(F)ccc2C)CC1. The highest BCUT2D eigenvalue weighted by atomic mass is 19.1. The summed E-state index contributed by atoms with van der Waals surface area (Å²) in [7, 11) is 0. The van der Waals surface area contributed by atoms with E-state index < -0.39 is 0 Å². The van der Waals surface area contributed by atoms with Crippen LogP contribution in [0.2, 0.25) is 0 Å². The van der Waals surface area contributed by atoms with Crippen LogP contribution in [0.1, 0.15) is 51.0 Å². The first-order valence-electron chi connectivity index (χ1n) is 7.21. The second kappa shape index (κ2) is 6.21. The number of aryl methyl sites for hydroxylation is 1. The topological polar surface area (TPSA) is 12.0 Å². The van der Waals surface area contributed by atoms with Crippen molar-refractivity contribution in [2.45, 2.75) is 58.4 Å². The lowest BCUT2D eigenvalue weighted by Gasteiger charge is -2.30. The molecule has 0 amide bonds. The molecule has 1 fully saturated rings. The van der Waals surface area contributed by atoms with Gasteiger partial charge in [0.05, 0.1) is 0 Å². The van der Waals surface area contributed by atoms with Gasteiger partial charge in [-0.25, -0.2) is 4.39 Å². The van der Waals surface area contributed by atoms with E-state index >= 15 is 0 Å². The third-order valence-electron chi connectivity index (χ3n) is 4.10. The second-order valence-electron chi connectivity index (χ2n) is 5.61. The number of nitrogens with one attached hydrogen (secondary N) is 1. The molecule has 0 atom stereocenters. The molecule has 1 aliphatic rings. The first kappa shape index (κ1) is 13.4. The summed E-state index contributed by atoms with van der Waals surface area (Å²) in [4.78, 5) is 0. The number of anilines is 1. The van der Waals surface area contributed by atoms with Crippen LogP contribution in [0.4, 0.5) is 10.1 Å². The molecule has 1 aromatic carbocycles. The van der Waals surface area contributed by atoms with Crippen LogP contribution in [0.5, 0.6) is 0 Å². The van der Waals surface area contributed by atoms with Crippen molar-refractivity contribution in [3.63, 3.8) is 0 Å². The van der Waals surface area contributed by atoms with E-state index in [1.165, 1.54) is 44.6 Å². The molecule has 0 spiro atoms. The summed E-state index contributed by atoms with van der Waals surface area (Å²) >= 11 is 0. The maximum absolute atomic E-state index is 13.2. The van der Waals surface area contributed by atoms with Crippen LogP contribution in [0.3, 0.4) is 0 Å². The van der Waals surface area contributed by atoms with Crippen molar-refractivity contribution in [1.29, 1.82) is 0 Å². The molecular weight excluding hydrogens is 225 g/mol. The van der Waals surface area contributed by atoms with Crippen molar-refractivity contribution in [1.82, 2.24) is 0 Å². The molecule has 0 aromatic heterocycles. The molecule has 0 radical (unpaired) electrons. The van der Waals surface area contributed by atoms with E-state index in [9.17, 15) is 4.39 Å². The fourth-order valence-electron chi connectivity index (χ4n) is 2.97. The summed E-state index contributed by atoms with van der Waals surface area (Å²) in [6.45, 7) is 4.30. The summed E-state index contributed by atoms with van der Waals surface area (Å²) in [5.41, 5.74) is 2.10. The molecule has 1 aromatic rings. The number of benzene rings is 1. The molecular formula is C16H24FN. The minimum atomic E-state index is -0.150. The van der Waals surface area contributed by atoms with Crippen molar-refractivity contribution in [3.05, 3.63) is 29.6 Å². The number of rotatable bonds is 4. The average molecular weight is 249 g/mol. The first-order chi connectivity index (χ1) is 8.69. The van der Waals surface area contributed by atoms with Gasteiger partial charge in [-0.15, -0.1) is 0 Å². The molecule has 1 N–H and O–H groups in total. The lowest BCUT2D eigenvalue weighted by atomic mass is 9.83. The van der Waals surface area contributed by atoms with Gasteiger partial charge in [-0.1, -0.05) is 25.8 Å². The molecule has 1 aliphatic carbocycles. The maximum atomic E-state index is 13.2. The Kier molecular flexibility index (Phi) is 4.62. The Morgan fingerprint density at radius 2 is 1.94 bits per heavy atom. The molecule has 18 heavy (non-hydrogen) atoms. The molecule has 100 valence electrons. The largest absolute Gasteiger partial charge is 0.382 e. The molecule has 0 bridgehead atoms. The van der Waals surface area contributed by atoms with E-state index in [0.717, 1.165) is 17.2 Å². The summed E-state index contributed by atoms with van der Waals surface area (Å²) < 4.78 is 13.2. The van der Waals surface area contributed by atoms with Crippen molar-refractivity contribution < 1.29 is 4.39 Å². The predicted octanol–water partition coefficient (Wildman–Crippen LogP) is 4.90. The second-order valence-corrected chi connectivity index (χ2v) is 5.61. The van der Waals surface area contributed by atoms with Crippen molar-refractivity contribution in [2.75, 3.05) is 5.32 Å². The third-order valence-corrected chi connectivity index (χ3v) is 4.10. The summed E-state index contributed by atoms with van der Waals surface area (Å²) in [5.74, 6) is 0.768. The van der Waals surface area contributed by atoms with Gasteiger partial charge in [0.1, 0.15) is 5.82 Å². The minimum Gasteiger partial charge on any atom is -0.382 e. The predicted molar refractivity (Wildman–Crippen MR) is 75.4 cm³/mol. The summed E-state index contributed by atoms with van der Waals surface area (Å²) in [6, 6.07) is 5.52. The van der Waals surface area contributed by atoms with Crippen LogP contribution in [-0.2, 0) is 0 Å². The number of halogens is 1. The lowest BCUT2D eigenvalue weighted by Crippen LogP contribution is -2.26. The Balaban J connectivity index is 1.89. The Labute approximate surface area is 110 Å². The monoisotopic (exact) mass is 249 g/mol. The van der Waals surface area contributed by atoms with Crippen molar-refractivity contribution in [2.24, 2.45) is 5.92 Å². The van der Waals surface area contributed by atoms with Crippen LogP contribution in [0.15, 0.2) is 18.2 Å². The van der Waals surface area contributed by atoms with Gasteiger partial charge >= 0.3 is 0 Å².